The number of nitrogens with one attached hydrogen (secondary N) is 1. The van der Waals surface area contributed by atoms with E-state index in [1.807, 2.05) is 0 Å². The monoisotopic (exact) mass is 428 g/mol. The van der Waals surface area contributed by atoms with Crippen LogP contribution in [0.3, 0.4) is 0 Å². The van der Waals surface area contributed by atoms with Gasteiger partial charge in [-0.3, -0.25) is 14.9 Å². The molecule has 1 aliphatic rings. The molecule has 0 spiro atoms. The van der Waals surface area contributed by atoms with Gasteiger partial charge in [-0.25, -0.2) is 14.6 Å². The van der Waals surface area contributed by atoms with E-state index in [1.165, 1.54) is 30.0 Å². The van der Waals surface area contributed by atoms with Crippen LogP contribution < -0.4 is 5.56 Å². The molecule has 1 saturated heterocycles. The lowest BCUT2D eigenvalue weighted by Crippen LogP contribution is -2.21. The number of non-ortho nitro benzene ring substituents is 1. The standard InChI is InChI=1S/C18H16N6O5S/c25-17-12-8-19-23(10-3-5-28-6-4-10)16(12)21-18(22-17)30-9-15-20-13-7-11(24(26)27)1-2-14(13)29-15/h1-2,7-8,10H,3-6,9H2,(H,21,22,25). The van der Waals surface area contributed by atoms with Crippen molar-refractivity contribution in [3.8, 4) is 0 Å². The van der Waals surface area contributed by atoms with Gasteiger partial charge in [0.05, 0.1) is 22.9 Å². The van der Waals surface area contributed by atoms with E-state index in [2.05, 4.69) is 20.1 Å². The van der Waals surface area contributed by atoms with Crippen LogP contribution in [0.25, 0.3) is 22.1 Å². The van der Waals surface area contributed by atoms with E-state index < -0.39 is 4.92 Å². The Morgan fingerprint density at radius 2 is 2.13 bits per heavy atom. The Kier molecular flexibility index (Phi) is 4.71. The predicted molar refractivity (Wildman–Crippen MR) is 107 cm³/mol. The van der Waals surface area contributed by atoms with Crippen LogP contribution in [-0.2, 0) is 10.5 Å². The number of aromatic nitrogens is 5. The molecule has 0 saturated carbocycles. The minimum atomic E-state index is -0.478. The molecule has 5 rings (SSSR count). The lowest BCUT2D eigenvalue weighted by atomic mass is 10.1. The quantitative estimate of drug-likeness (QED) is 0.220. The van der Waals surface area contributed by atoms with E-state index in [9.17, 15) is 14.9 Å². The summed E-state index contributed by atoms with van der Waals surface area (Å²) in [5, 5.41) is 16.2. The molecule has 0 amide bonds. The molecule has 12 heteroatoms. The van der Waals surface area contributed by atoms with E-state index in [-0.39, 0.29) is 17.3 Å². The highest BCUT2D eigenvalue weighted by Crippen LogP contribution is 2.27. The van der Waals surface area contributed by atoms with Crippen molar-refractivity contribution < 1.29 is 14.1 Å². The average molecular weight is 428 g/mol. The third-order valence-electron chi connectivity index (χ3n) is 4.94. The first kappa shape index (κ1) is 18.8. The van der Waals surface area contributed by atoms with Gasteiger partial charge in [0, 0.05) is 25.3 Å². The van der Waals surface area contributed by atoms with E-state index in [0.29, 0.717) is 52.1 Å². The Hall–Kier alpha value is -3.25. The van der Waals surface area contributed by atoms with Crippen molar-refractivity contribution >= 4 is 39.6 Å². The maximum Gasteiger partial charge on any atom is 0.271 e. The largest absolute Gasteiger partial charge is 0.440 e. The van der Waals surface area contributed by atoms with E-state index in [0.717, 1.165) is 12.8 Å². The molecule has 11 nitrogen and oxygen atoms in total. The van der Waals surface area contributed by atoms with Gasteiger partial charge in [-0.1, -0.05) is 11.8 Å². The van der Waals surface area contributed by atoms with Crippen LogP contribution in [-0.4, -0.2) is 42.9 Å². The summed E-state index contributed by atoms with van der Waals surface area (Å²) in [6.07, 6.45) is 3.18. The summed E-state index contributed by atoms with van der Waals surface area (Å²) >= 11 is 1.26. The SMILES string of the molecule is O=c1[nH]c(SCc2nc3cc([N+](=O)[O-])ccc3o2)nc2c1cnn2C1CCOCC1. The van der Waals surface area contributed by atoms with E-state index in [1.54, 1.807) is 10.9 Å². The molecular weight excluding hydrogens is 412 g/mol. The number of hydrogen-bond donors (Lipinski definition) is 1. The van der Waals surface area contributed by atoms with E-state index in [4.69, 9.17) is 9.15 Å². The van der Waals surface area contributed by atoms with Crippen LogP contribution in [0, 0.1) is 10.1 Å². The summed E-state index contributed by atoms with van der Waals surface area (Å²) in [6, 6.07) is 4.41. The first-order valence-electron chi connectivity index (χ1n) is 9.30. The number of nitro benzene ring substituents is 1. The predicted octanol–water partition coefficient (Wildman–Crippen LogP) is 2.81. The zero-order chi connectivity index (χ0) is 20.7. The van der Waals surface area contributed by atoms with Gasteiger partial charge < -0.3 is 14.1 Å². The molecule has 154 valence electrons. The summed E-state index contributed by atoms with van der Waals surface area (Å²) < 4.78 is 12.8. The van der Waals surface area contributed by atoms with Crippen LogP contribution >= 0.6 is 11.8 Å². The van der Waals surface area contributed by atoms with Crippen LogP contribution in [0.5, 0.6) is 0 Å². The Labute approximate surface area is 172 Å². The maximum absolute atomic E-state index is 12.5. The normalized spacial score (nSPS) is 15.2. The Morgan fingerprint density at radius 1 is 1.30 bits per heavy atom. The minimum absolute atomic E-state index is 0.0483. The zero-order valence-corrected chi connectivity index (χ0v) is 16.4. The molecule has 0 aliphatic carbocycles. The summed E-state index contributed by atoms with van der Waals surface area (Å²) in [7, 11) is 0. The summed E-state index contributed by atoms with van der Waals surface area (Å²) in [5.41, 5.74) is 1.11. The molecule has 4 heterocycles. The van der Waals surface area contributed by atoms with Crippen LogP contribution in [0.2, 0.25) is 0 Å². The Balaban J connectivity index is 1.40. The number of rotatable bonds is 5. The zero-order valence-electron chi connectivity index (χ0n) is 15.6. The molecule has 30 heavy (non-hydrogen) atoms. The minimum Gasteiger partial charge on any atom is -0.440 e. The number of ether oxygens (including phenoxy) is 1. The smallest absolute Gasteiger partial charge is 0.271 e. The molecule has 0 radical (unpaired) electrons. The molecule has 0 atom stereocenters. The van der Waals surface area contributed by atoms with Gasteiger partial charge in [0.2, 0.25) is 5.89 Å². The second-order valence-electron chi connectivity index (χ2n) is 6.85. The third-order valence-corrected chi connectivity index (χ3v) is 5.80. The molecule has 3 aromatic heterocycles. The molecule has 1 aliphatic heterocycles. The molecule has 0 bridgehead atoms. The molecule has 1 aromatic carbocycles. The van der Waals surface area contributed by atoms with Crippen molar-refractivity contribution in [3.63, 3.8) is 0 Å². The number of H-pyrrole nitrogens is 1. The fraction of sp³-hybridized carbons (Fsp3) is 0.333. The topological polar surface area (TPSA) is 142 Å². The van der Waals surface area contributed by atoms with Crippen LogP contribution in [0.4, 0.5) is 5.69 Å². The summed E-state index contributed by atoms with van der Waals surface area (Å²) in [5.74, 6) is 0.693. The Morgan fingerprint density at radius 3 is 2.93 bits per heavy atom. The highest BCUT2D eigenvalue weighted by atomic mass is 32.2. The number of nitro groups is 1. The summed E-state index contributed by atoms with van der Waals surface area (Å²) in [6.45, 7) is 1.32. The number of thioether (sulfide) groups is 1. The summed E-state index contributed by atoms with van der Waals surface area (Å²) in [4.78, 5) is 34.5. The number of fused-ring (bicyclic) bond motifs is 2. The first-order chi connectivity index (χ1) is 14.6. The highest BCUT2D eigenvalue weighted by molar-refractivity contribution is 7.98. The van der Waals surface area contributed by atoms with Gasteiger partial charge in [-0.2, -0.15) is 5.10 Å². The maximum atomic E-state index is 12.5. The second-order valence-corrected chi connectivity index (χ2v) is 7.81. The van der Waals surface area contributed by atoms with Gasteiger partial charge in [0.25, 0.3) is 11.2 Å². The van der Waals surface area contributed by atoms with Gasteiger partial charge in [0.1, 0.15) is 10.9 Å². The lowest BCUT2D eigenvalue weighted by Gasteiger charge is -2.22. The van der Waals surface area contributed by atoms with E-state index >= 15 is 0 Å². The fourth-order valence-electron chi connectivity index (χ4n) is 3.45. The van der Waals surface area contributed by atoms with Crippen LogP contribution in [0.15, 0.2) is 38.8 Å². The Bertz CT molecular complexity index is 1310. The number of hydrogen-bond acceptors (Lipinski definition) is 9. The third kappa shape index (κ3) is 3.44. The van der Waals surface area contributed by atoms with Gasteiger partial charge in [0.15, 0.2) is 16.4 Å². The van der Waals surface area contributed by atoms with Gasteiger partial charge >= 0.3 is 0 Å². The first-order valence-corrected chi connectivity index (χ1v) is 10.3. The molecule has 4 aromatic rings. The molecule has 1 N–H and O–H groups in total. The van der Waals surface area contributed by atoms with Crippen molar-refractivity contribution in [2.75, 3.05) is 13.2 Å². The highest BCUT2D eigenvalue weighted by Gasteiger charge is 2.21. The number of nitrogens with zero attached hydrogens (tertiary/aromatic N) is 5. The van der Waals surface area contributed by atoms with Crippen molar-refractivity contribution in [2.24, 2.45) is 0 Å². The van der Waals surface area contributed by atoms with Gasteiger partial charge in [-0.15, -0.1) is 0 Å². The van der Waals surface area contributed by atoms with Crippen molar-refractivity contribution in [3.05, 3.63) is 50.8 Å². The molecule has 1 fully saturated rings. The number of oxazole rings is 1. The number of benzene rings is 1. The van der Waals surface area contributed by atoms with Crippen molar-refractivity contribution in [1.82, 2.24) is 24.7 Å². The van der Waals surface area contributed by atoms with Gasteiger partial charge in [-0.05, 0) is 18.9 Å². The second kappa shape index (κ2) is 7.54. The fourth-order valence-corrected chi connectivity index (χ4v) is 4.15. The average Bonchev–Trinajstić information content (AvgIpc) is 3.36. The van der Waals surface area contributed by atoms with Crippen molar-refractivity contribution in [1.29, 1.82) is 0 Å². The van der Waals surface area contributed by atoms with Crippen LogP contribution in [0.1, 0.15) is 24.8 Å². The number of aromatic amines is 1. The molecular formula is C18H16N6O5S. The lowest BCUT2D eigenvalue weighted by molar-refractivity contribution is -0.384. The molecule has 0 unspecified atom stereocenters. The van der Waals surface area contributed by atoms with Crippen molar-refractivity contribution in [2.45, 2.75) is 29.8 Å².